The van der Waals surface area contributed by atoms with Crippen LogP contribution < -0.4 is 5.56 Å². The predicted molar refractivity (Wildman–Crippen MR) is 80.5 cm³/mol. The Hall–Kier alpha value is -1.58. The van der Waals surface area contributed by atoms with Gasteiger partial charge in [0, 0.05) is 17.8 Å². The fourth-order valence-corrected chi connectivity index (χ4v) is 2.72. The number of aromatic carboxylic acids is 1. The highest BCUT2D eigenvalue weighted by Crippen LogP contribution is 2.20. The summed E-state index contributed by atoms with van der Waals surface area (Å²) in [7, 11) is 0. The molecule has 112 valence electrons. The topological polar surface area (TPSA) is 59.3 Å². The van der Waals surface area contributed by atoms with E-state index in [1.165, 1.54) is 6.07 Å². The molecular formula is C16H25NO3. The van der Waals surface area contributed by atoms with Gasteiger partial charge < -0.3 is 9.67 Å². The maximum absolute atomic E-state index is 12.1. The van der Waals surface area contributed by atoms with Crippen molar-refractivity contribution < 1.29 is 9.90 Å². The number of pyridine rings is 1. The quantitative estimate of drug-likeness (QED) is 0.866. The Morgan fingerprint density at radius 2 is 1.85 bits per heavy atom. The zero-order valence-electron chi connectivity index (χ0n) is 13.1. The van der Waals surface area contributed by atoms with E-state index in [-0.39, 0.29) is 17.2 Å². The van der Waals surface area contributed by atoms with Crippen molar-refractivity contribution >= 4 is 5.97 Å². The first-order valence-corrected chi connectivity index (χ1v) is 7.21. The molecule has 1 rings (SSSR count). The summed E-state index contributed by atoms with van der Waals surface area (Å²) >= 11 is 0. The molecule has 1 N–H and O–H groups in total. The summed E-state index contributed by atoms with van der Waals surface area (Å²) in [5.74, 6) is -0.323. The molecule has 0 amide bonds. The van der Waals surface area contributed by atoms with Crippen molar-refractivity contribution in [2.75, 3.05) is 0 Å². The van der Waals surface area contributed by atoms with E-state index < -0.39 is 5.97 Å². The van der Waals surface area contributed by atoms with Crippen molar-refractivity contribution in [3.63, 3.8) is 0 Å². The molecule has 0 aromatic carbocycles. The van der Waals surface area contributed by atoms with Gasteiger partial charge >= 0.3 is 5.97 Å². The third kappa shape index (κ3) is 3.71. The van der Waals surface area contributed by atoms with Crippen LogP contribution >= 0.6 is 0 Å². The van der Waals surface area contributed by atoms with Crippen LogP contribution in [-0.2, 0) is 0 Å². The van der Waals surface area contributed by atoms with Gasteiger partial charge in [-0.25, -0.2) is 4.79 Å². The lowest BCUT2D eigenvalue weighted by molar-refractivity contribution is 0.0694. The second kappa shape index (κ2) is 6.73. The maximum Gasteiger partial charge on any atom is 0.337 e. The molecule has 0 bridgehead atoms. The summed E-state index contributed by atoms with van der Waals surface area (Å²) in [6, 6.07) is 1.45. The van der Waals surface area contributed by atoms with E-state index in [4.69, 9.17) is 0 Å². The van der Waals surface area contributed by atoms with E-state index in [1.807, 2.05) is 6.92 Å². The highest BCUT2D eigenvalue weighted by Gasteiger charge is 2.18. The molecule has 0 aliphatic carbocycles. The first-order valence-electron chi connectivity index (χ1n) is 7.21. The number of hydrogen-bond donors (Lipinski definition) is 1. The number of hydrogen-bond acceptors (Lipinski definition) is 2. The summed E-state index contributed by atoms with van der Waals surface area (Å²) in [6.45, 7) is 9.73. The van der Waals surface area contributed by atoms with Gasteiger partial charge in [-0.05, 0) is 38.7 Å². The van der Waals surface area contributed by atoms with Crippen LogP contribution in [0.2, 0.25) is 0 Å². The number of nitrogens with zero attached hydrogens (tertiary/aromatic N) is 1. The second-order valence-corrected chi connectivity index (χ2v) is 5.97. The van der Waals surface area contributed by atoms with Crippen LogP contribution in [-0.4, -0.2) is 15.6 Å². The van der Waals surface area contributed by atoms with Gasteiger partial charge in [-0.2, -0.15) is 0 Å². The second-order valence-electron chi connectivity index (χ2n) is 5.97. The van der Waals surface area contributed by atoms with E-state index in [1.54, 1.807) is 18.4 Å². The van der Waals surface area contributed by atoms with Crippen molar-refractivity contribution in [3.8, 4) is 0 Å². The van der Waals surface area contributed by atoms with Gasteiger partial charge in [-0.15, -0.1) is 0 Å². The lowest BCUT2D eigenvalue weighted by Crippen LogP contribution is -2.28. The van der Waals surface area contributed by atoms with Gasteiger partial charge in [-0.3, -0.25) is 4.79 Å². The van der Waals surface area contributed by atoms with E-state index in [2.05, 4.69) is 13.8 Å². The summed E-state index contributed by atoms with van der Waals surface area (Å²) < 4.78 is 1.62. The summed E-state index contributed by atoms with van der Waals surface area (Å²) in [5, 5.41) is 9.28. The van der Waals surface area contributed by atoms with Crippen LogP contribution in [0, 0.1) is 19.8 Å². The third-order valence-electron chi connectivity index (χ3n) is 3.75. The lowest BCUT2D eigenvalue weighted by atomic mass is 10.0. The number of carboxylic acids is 1. The largest absolute Gasteiger partial charge is 0.478 e. The van der Waals surface area contributed by atoms with Gasteiger partial charge in [-0.1, -0.05) is 26.7 Å². The van der Waals surface area contributed by atoms with Crippen LogP contribution in [0.5, 0.6) is 0 Å². The van der Waals surface area contributed by atoms with Crippen LogP contribution in [0.25, 0.3) is 0 Å². The fraction of sp³-hybridized carbons (Fsp3) is 0.625. The molecule has 1 atom stereocenters. The highest BCUT2D eigenvalue weighted by molar-refractivity contribution is 5.90. The average molecular weight is 279 g/mol. The molecule has 0 radical (unpaired) electrons. The highest BCUT2D eigenvalue weighted by atomic mass is 16.4. The van der Waals surface area contributed by atoms with E-state index in [0.717, 1.165) is 19.3 Å². The predicted octanol–water partition coefficient (Wildman–Crippen LogP) is 3.55. The number of carboxylic acid groups (broad SMARTS) is 1. The number of rotatable bonds is 6. The Labute approximate surface area is 120 Å². The van der Waals surface area contributed by atoms with Crippen molar-refractivity contribution in [2.45, 2.75) is 59.9 Å². The smallest absolute Gasteiger partial charge is 0.337 e. The Morgan fingerprint density at radius 1 is 1.25 bits per heavy atom. The fourth-order valence-electron chi connectivity index (χ4n) is 2.72. The molecule has 0 saturated carbocycles. The monoisotopic (exact) mass is 279 g/mol. The SMILES string of the molecule is Cc1cc(=O)n(C(C)CCCC(C)C)c(C)c1C(=O)O. The molecule has 0 fully saturated rings. The number of aromatic nitrogens is 1. The van der Waals surface area contributed by atoms with Crippen LogP contribution in [0.15, 0.2) is 10.9 Å². The Kier molecular flexibility index (Phi) is 5.54. The molecule has 0 aliphatic rings. The van der Waals surface area contributed by atoms with E-state index >= 15 is 0 Å². The minimum atomic E-state index is -0.969. The van der Waals surface area contributed by atoms with Crippen LogP contribution in [0.1, 0.15) is 67.7 Å². The third-order valence-corrected chi connectivity index (χ3v) is 3.75. The van der Waals surface area contributed by atoms with Crippen molar-refractivity contribution in [1.82, 2.24) is 4.57 Å². The number of carbonyl (C=O) groups is 1. The van der Waals surface area contributed by atoms with Crippen LogP contribution in [0.4, 0.5) is 0 Å². The van der Waals surface area contributed by atoms with Gasteiger partial charge in [0.2, 0.25) is 0 Å². The molecule has 20 heavy (non-hydrogen) atoms. The van der Waals surface area contributed by atoms with Gasteiger partial charge in [0.15, 0.2) is 0 Å². The average Bonchev–Trinajstić information content (AvgIpc) is 2.26. The minimum Gasteiger partial charge on any atom is -0.478 e. The Balaban J connectivity index is 3.08. The zero-order chi connectivity index (χ0) is 15.4. The summed E-state index contributed by atoms with van der Waals surface area (Å²) in [5.41, 5.74) is 1.23. The minimum absolute atomic E-state index is 0.0277. The van der Waals surface area contributed by atoms with E-state index in [0.29, 0.717) is 17.2 Å². The normalized spacial score (nSPS) is 12.7. The lowest BCUT2D eigenvalue weighted by Gasteiger charge is -2.20. The number of aryl methyl sites for hydroxylation is 1. The molecule has 0 aliphatic heterocycles. The zero-order valence-corrected chi connectivity index (χ0v) is 13.1. The molecule has 4 heteroatoms. The summed E-state index contributed by atoms with van der Waals surface area (Å²) in [6.07, 6.45) is 3.05. The molecule has 0 spiro atoms. The molecule has 1 heterocycles. The molecule has 1 aromatic rings. The standard InChI is InChI=1S/C16H25NO3/c1-10(2)7-6-8-12(4)17-13(5)15(16(19)20)11(3)9-14(17)18/h9-10,12H,6-8H2,1-5H3,(H,19,20). The first-order chi connectivity index (χ1) is 9.25. The molecular weight excluding hydrogens is 254 g/mol. The van der Waals surface area contributed by atoms with Gasteiger partial charge in [0.25, 0.3) is 5.56 Å². The first kappa shape index (κ1) is 16.5. The molecule has 4 nitrogen and oxygen atoms in total. The Morgan fingerprint density at radius 3 is 2.35 bits per heavy atom. The van der Waals surface area contributed by atoms with Crippen molar-refractivity contribution in [3.05, 3.63) is 33.2 Å². The molecule has 0 saturated heterocycles. The molecule has 1 aromatic heterocycles. The summed E-state index contributed by atoms with van der Waals surface area (Å²) in [4.78, 5) is 23.5. The van der Waals surface area contributed by atoms with Crippen molar-refractivity contribution in [1.29, 1.82) is 0 Å². The van der Waals surface area contributed by atoms with Crippen LogP contribution in [0.3, 0.4) is 0 Å². The van der Waals surface area contributed by atoms with Crippen molar-refractivity contribution in [2.24, 2.45) is 5.92 Å². The van der Waals surface area contributed by atoms with Gasteiger partial charge in [0.1, 0.15) is 0 Å². The Bertz CT molecular complexity index is 543. The van der Waals surface area contributed by atoms with E-state index in [9.17, 15) is 14.7 Å². The van der Waals surface area contributed by atoms with Gasteiger partial charge in [0.05, 0.1) is 5.56 Å². The molecule has 1 unspecified atom stereocenters. The maximum atomic E-state index is 12.1.